The Morgan fingerprint density at radius 3 is 1.89 bits per heavy atom. The molecule has 1 nitrogen and oxygen atoms in total. The molecule has 19 heavy (non-hydrogen) atoms. The van der Waals surface area contributed by atoms with Crippen LogP contribution in [-0.4, -0.2) is 18.0 Å². The van der Waals surface area contributed by atoms with E-state index < -0.39 is 0 Å². The Morgan fingerprint density at radius 2 is 1.42 bits per heavy atom. The molecule has 0 spiro atoms. The lowest BCUT2D eigenvalue weighted by molar-refractivity contribution is 0.211. The molecule has 0 bridgehead atoms. The van der Waals surface area contributed by atoms with E-state index in [1.807, 2.05) is 0 Å². The van der Waals surface area contributed by atoms with Gasteiger partial charge in [0.25, 0.3) is 0 Å². The summed E-state index contributed by atoms with van der Waals surface area (Å²) in [4.78, 5) is 2.61. The van der Waals surface area contributed by atoms with E-state index in [1.165, 1.54) is 37.1 Å². The van der Waals surface area contributed by atoms with Crippen LogP contribution in [0.2, 0.25) is 0 Å². The first-order valence-corrected chi connectivity index (χ1v) is 7.82. The molecule has 1 heteroatoms. The molecule has 0 amide bonds. The maximum Gasteiger partial charge on any atom is 0.0236 e. The van der Waals surface area contributed by atoms with Crippen molar-refractivity contribution >= 4 is 0 Å². The van der Waals surface area contributed by atoms with Crippen LogP contribution in [0.25, 0.3) is 0 Å². The summed E-state index contributed by atoms with van der Waals surface area (Å²) in [5.74, 6) is 1.47. The highest BCUT2D eigenvalue weighted by Crippen LogP contribution is 2.15. The van der Waals surface area contributed by atoms with Crippen LogP contribution in [-0.2, 0) is 13.0 Å². The molecular formula is C18H31N. The third-order valence-electron chi connectivity index (χ3n) is 3.28. The van der Waals surface area contributed by atoms with Crippen molar-refractivity contribution in [2.24, 2.45) is 11.8 Å². The van der Waals surface area contributed by atoms with Gasteiger partial charge in [0.1, 0.15) is 0 Å². The van der Waals surface area contributed by atoms with Crippen LogP contribution in [0.1, 0.15) is 52.2 Å². The molecule has 0 aliphatic rings. The Balaban J connectivity index is 2.76. The minimum Gasteiger partial charge on any atom is -0.299 e. The van der Waals surface area contributed by atoms with E-state index in [9.17, 15) is 0 Å². The number of aryl methyl sites for hydroxylation is 1. The van der Waals surface area contributed by atoms with Gasteiger partial charge in [-0.3, -0.25) is 4.90 Å². The number of benzene rings is 1. The van der Waals surface area contributed by atoms with E-state index in [0.29, 0.717) is 0 Å². The molecule has 108 valence electrons. The fraction of sp³-hybridized carbons (Fsp3) is 0.667. The highest BCUT2D eigenvalue weighted by Gasteiger charge is 2.11. The van der Waals surface area contributed by atoms with Crippen molar-refractivity contribution in [1.82, 2.24) is 4.90 Å². The predicted molar refractivity (Wildman–Crippen MR) is 85.4 cm³/mol. The van der Waals surface area contributed by atoms with Gasteiger partial charge in [-0.2, -0.15) is 0 Å². The Bertz CT molecular complexity index is 344. The van der Waals surface area contributed by atoms with E-state index in [2.05, 4.69) is 63.8 Å². The summed E-state index contributed by atoms with van der Waals surface area (Å²) in [6, 6.07) is 8.95. The smallest absolute Gasteiger partial charge is 0.0236 e. The molecule has 1 aromatic carbocycles. The van der Waals surface area contributed by atoms with Crippen molar-refractivity contribution in [3.8, 4) is 0 Å². The topological polar surface area (TPSA) is 3.24 Å². The summed E-state index contributed by atoms with van der Waals surface area (Å²) in [6.45, 7) is 15.0. The van der Waals surface area contributed by atoms with Crippen molar-refractivity contribution in [2.45, 2.75) is 54.0 Å². The van der Waals surface area contributed by atoms with Gasteiger partial charge in [0.2, 0.25) is 0 Å². The van der Waals surface area contributed by atoms with Crippen molar-refractivity contribution < 1.29 is 0 Å². The molecule has 0 aliphatic heterocycles. The minimum atomic E-state index is 0.733. The monoisotopic (exact) mass is 261 g/mol. The average Bonchev–Trinajstić information content (AvgIpc) is 2.30. The fourth-order valence-corrected chi connectivity index (χ4v) is 2.70. The second-order valence-electron chi connectivity index (χ2n) is 6.50. The Kier molecular flexibility index (Phi) is 7.15. The van der Waals surface area contributed by atoms with E-state index >= 15 is 0 Å². The summed E-state index contributed by atoms with van der Waals surface area (Å²) in [7, 11) is 0. The third kappa shape index (κ3) is 6.24. The summed E-state index contributed by atoms with van der Waals surface area (Å²) >= 11 is 0. The van der Waals surface area contributed by atoms with Crippen LogP contribution in [0.3, 0.4) is 0 Å². The Labute approximate surface area is 120 Å². The molecule has 0 aromatic heterocycles. The predicted octanol–water partition coefficient (Wildman–Crippen LogP) is 4.75. The van der Waals surface area contributed by atoms with Crippen LogP contribution in [0, 0.1) is 11.8 Å². The normalized spacial score (nSPS) is 11.8. The third-order valence-corrected chi connectivity index (χ3v) is 3.28. The second-order valence-corrected chi connectivity index (χ2v) is 6.50. The fourth-order valence-electron chi connectivity index (χ4n) is 2.70. The zero-order chi connectivity index (χ0) is 14.3. The van der Waals surface area contributed by atoms with Gasteiger partial charge in [0, 0.05) is 19.6 Å². The number of hydrogen-bond acceptors (Lipinski definition) is 1. The molecule has 1 aromatic rings. The Morgan fingerprint density at radius 1 is 0.895 bits per heavy atom. The van der Waals surface area contributed by atoms with Crippen LogP contribution in [0.5, 0.6) is 0 Å². The van der Waals surface area contributed by atoms with E-state index in [4.69, 9.17) is 0 Å². The lowest BCUT2D eigenvalue weighted by Gasteiger charge is -2.27. The lowest BCUT2D eigenvalue weighted by Crippen LogP contribution is -2.31. The van der Waals surface area contributed by atoms with E-state index in [1.54, 1.807) is 0 Å². The van der Waals surface area contributed by atoms with E-state index in [0.717, 1.165) is 18.4 Å². The number of rotatable bonds is 8. The zero-order valence-electron chi connectivity index (χ0n) is 13.4. The SMILES string of the molecule is CCCc1ccccc1CN(CC(C)C)CC(C)C. The molecule has 0 radical (unpaired) electrons. The van der Waals surface area contributed by atoms with Gasteiger partial charge >= 0.3 is 0 Å². The molecule has 0 aliphatic carbocycles. The van der Waals surface area contributed by atoms with Crippen molar-refractivity contribution in [3.05, 3.63) is 35.4 Å². The standard InChI is InChI=1S/C18H31N/c1-6-9-17-10-7-8-11-18(17)14-19(12-15(2)3)13-16(4)5/h7-8,10-11,15-16H,6,9,12-14H2,1-5H3. The highest BCUT2D eigenvalue weighted by molar-refractivity contribution is 5.27. The zero-order valence-corrected chi connectivity index (χ0v) is 13.4. The summed E-state index contributed by atoms with van der Waals surface area (Å²) < 4.78 is 0. The maximum atomic E-state index is 2.61. The highest BCUT2D eigenvalue weighted by atomic mass is 15.1. The molecule has 1 rings (SSSR count). The van der Waals surface area contributed by atoms with Gasteiger partial charge in [-0.25, -0.2) is 0 Å². The molecule has 0 atom stereocenters. The first-order valence-electron chi connectivity index (χ1n) is 7.82. The first-order chi connectivity index (χ1) is 9.02. The van der Waals surface area contributed by atoms with Crippen LogP contribution in [0.4, 0.5) is 0 Å². The molecule has 0 saturated heterocycles. The van der Waals surface area contributed by atoms with Crippen molar-refractivity contribution in [3.63, 3.8) is 0 Å². The van der Waals surface area contributed by atoms with Crippen molar-refractivity contribution in [1.29, 1.82) is 0 Å². The Hall–Kier alpha value is -0.820. The molecule has 0 heterocycles. The van der Waals surface area contributed by atoms with Gasteiger partial charge in [-0.1, -0.05) is 65.3 Å². The van der Waals surface area contributed by atoms with Gasteiger partial charge < -0.3 is 0 Å². The quantitative estimate of drug-likeness (QED) is 0.652. The maximum absolute atomic E-state index is 2.61. The first kappa shape index (κ1) is 16.2. The lowest BCUT2D eigenvalue weighted by atomic mass is 10.0. The minimum absolute atomic E-state index is 0.733. The van der Waals surface area contributed by atoms with E-state index in [-0.39, 0.29) is 0 Å². The summed E-state index contributed by atoms with van der Waals surface area (Å²) in [5, 5.41) is 0. The second kappa shape index (κ2) is 8.37. The molecule has 0 saturated carbocycles. The van der Waals surface area contributed by atoms with Gasteiger partial charge in [0.15, 0.2) is 0 Å². The average molecular weight is 261 g/mol. The van der Waals surface area contributed by atoms with Gasteiger partial charge in [-0.05, 0) is 29.4 Å². The summed E-state index contributed by atoms with van der Waals surface area (Å²) in [6.07, 6.45) is 2.43. The molecular weight excluding hydrogens is 230 g/mol. The number of nitrogens with zero attached hydrogens (tertiary/aromatic N) is 1. The van der Waals surface area contributed by atoms with Crippen LogP contribution in [0.15, 0.2) is 24.3 Å². The van der Waals surface area contributed by atoms with Crippen LogP contribution < -0.4 is 0 Å². The van der Waals surface area contributed by atoms with Gasteiger partial charge in [-0.15, -0.1) is 0 Å². The largest absolute Gasteiger partial charge is 0.299 e. The molecule has 0 fully saturated rings. The summed E-state index contributed by atoms with van der Waals surface area (Å²) in [5.41, 5.74) is 3.05. The van der Waals surface area contributed by atoms with Crippen molar-refractivity contribution in [2.75, 3.05) is 13.1 Å². The van der Waals surface area contributed by atoms with Gasteiger partial charge in [0.05, 0.1) is 0 Å². The molecule has 0 N–H and O–H groups in total. The number of hydrogen-bond donors (Lipinski definition) is 0. The van der Waals surface area contributed by atoms with Crippen LogP contribution >= 0.6 is 0 Å². The molecule has 0 unspecified atom stereocenters.